The molecule has 0 radical (unpaired) electrons. The maximum atomic E-state index is 11.0. The van der Waals surface area contributed by atoms with Gasteiger partial charge in [0.05, 0.1) is 0 Å². The summed E-state index contributed by atoms with van der Waals surface area (Å²) in [6.45, 7) is 0. The van der Waals surface area contributed by atoms with Crippen LogP contribution in [-0.2, 0) is 9.63 Å². The molecule has 0 aromatic carbocycles. The Morgan fingerprint density at radius 1 is 1.59 bits per heavy atom. The highest BCUT2D eigenvalue weighted by molar-refractivity contribution is 7.13. The van der Waals surface area contributed by atoms with E-state index in [9.17, 15) is 4.79 Å². The number of aliphatic carboxylic acids is 1. The van der Waals surface area contributed by atoms with Crippen LogP contribution in [0.4, 0.5) is 5.13 Å². The summed E-state index contributed by atoms with van der Waals surface area (Å²) in [7, 11) is 0. The summed E-state index contributed by atoms with van der Waals surface area (Å²) in [4.78, 5) is 20.1. The van der Waals surface area contributed by atoms with Gasteiger partial charge >= 0.3 is 5.97 Å². The number of nitrogens with two attached hydrogens (primary N) is 1. The SMILES string of the molecule is Nc1nc(/C(=N/OC2CCCC2)C(=O)O)cs1. The van der Waals surface area contributed by atoms with E-state index in [0.717, 1.165) is 25.7 Å². The molecule has 0 unspecified atom stereocenters. The number of oxime groups is 1. The topological polar surface area (TPSA) is 97.8 Å². The van der Waals surface area contributed by atoms with Crippen molar-refractivity contribution in [2.45, 2.75) is 31.8 Å². The van der Waals surface area contributed by atoms with Gasteiger partial charge in [-0.15, -0.1) is 11.3 Å². The van der Waals surface area contributed by atoms with Crippen LogP contribution in [0.1, 0.15) is 31.4 Å². The Balaban J connectivity index is 2.11. The van der Waals surface area contributed by atoms with Crippen molar-refractivity contribution < 1.29 is 14.7 Å². The molecular formula is C10H13N3O3S. The molecule has 0 saturated heterocycles. The molecule has 0 aliphatic heterocycles. The molecule has 6 nitrogen and oxygen atoms in total. The molecule has 7 heteroatoms. The highest BCUT2D eigenvalue weighted by Crippen LogP contribution is 2.21. The average Bonchev–Trinajstić information content (AvgIpc) is 2.90. The number of carboxylic acid groups (broad SMARTS) is 1. The molecule has 0 bridgehead atoms. The van der Waals surface area contributed by atoms with E-state index < -0.39 is 5.97 Å². The molecule has 1 aliphatic rings. The standard InChI is InChI=1S/C10H13N3O3S/c11-10-12-7(5-17-10)8(9(14)15)13-16-6-3-1-2-4-6/h5-6H,1-4H2,(H2,11,12)(H,14,15)/b13-8-. The number of thiazole rings is 1. The molecule has 2 rings (SSSR count). The predicted molar refractivity (Wildman–Crippen MR) is 64.0 cm³/mol. The van der Waals surface area contributed by atoms with Crippen LogP contribution in [-0.4, -0.2) is 27.9 Å². The van der Waals surface area contributed by atoms with E-state index in [2.05, 4.69) is 10.1 Å². The lowest BCUT2D eigenvalue weighted by Crippen LogP contribution is -2.17. The fraction of sp³-hybridized carbons (Fsp3) is 0.500. The third-order valence-corrected chi connectivity index (χ3v) is 3.24. The van der Waals surface area contributed by atoms with Gasteiger partial charge in [-0.05, 0) is 25.7 Å². The van der Waals surface area contributed by atoms with Gasteiger partial charge in [0.2, 0.25) is 5.71 Å². The molecule has 92 valence electrons. The second-order valence-electron chi connectivity index (χ2n) is 3.83. The summed E-state index contributed by atoms with van der Waals surface area (Å²) >= 11 is 1.18. The number of carboxylic acids is 1. The van der Waals surface area contributed by atoms with Crippen LogP contribution in [0.3, 0.4) is 0 Å². The largest absolute Gasteiger partial charge is 0.476 e. The van der Waals surface area contributed by atoms with Gasteiger partial charge in [-0.25, -0.2) is 9.78 Å². The fourth-order valence-corrected chi connectivity index (χ4v) is 2.26. The van der Waals surface area contributed by atoms with Crippen LogP contribution in [0.15, 0.2) is 10.5 Å². The number of aromatic nitrogens is 1. The van der Waals surface area contributed by atoms with Crippen molar-refractivity contribution in [3.63, 3.8) is 0 Å². The van der Waals surface area contributed by atoms with Crippen molar-refractivity contribution in [2.24, 2.45) is 5.16 Å². The van der Waals surface area contributed by atoms with Crippen molar-refractivity contribution >= 4 is 28.1 Å². The molecule has 0 atom stereocenters. The minimum absolute atomic E-state index is 0.0281. The van der Waals surface area contributed by atoms with Crippen LogP contribution in [0.5, 0.6) is 0 Å². The van der Waals surface area contributed by atoms with Gasteiger partial charge in [-0.3, -0.25) is 0 Å². The Kier molecular flexibility index (Phi) is 3.58. The van der Waals surface area contributed by atoms with Gasteiger partial charge < -0.3 is 15.7 Å². The fourth-order valence-electron chi connectivity index (χ4n) is 1.71. The molecule has 1 saturated carbocycles. The van der Waals surface area contributed by atoms with E-state index in [-0.39, 0.29) is 17.5 Å². The molecule has 3 N–H and O–H groups in total. The Labute approximate surface area is 102 Å². The van der Waals surface area contributed by atoms with Gasteiger partial charge in [0.15, 0.2) is 5.13 Å². The van der Waals surface area contributed by atoms with Crippen molar-refractivity contribution in [1.29, 1.82) is 0 Å². The third kappa shape index (κ3) is 2.94. The molecule has 1 heterocycles. The molecule has 1 fully saturated rings. The maximum Gasteiger partial charge on any atom is 0.360 e. The van der Waals surface area contributed by atoms with E-state index >= 15 is 0 Å². The Bertz CT molecular complexity index is 438. The number of carbonyl (C=O) groups is 1. The van der Waals surface area contributed by atoms with Crippen LogP contribution in [0.25, 0.3) is 0 Å². The first-order valence-electron chi connectivity index (χ1n) is 5.35. The summed E-state index contributed by atoms with van der Waals surface area (Å²) in [5, 5.41) is 14.6. The minimum Gasteiger partial charge on any atom is -0.476 e. The lowest BCUT2D eigenvalue weighted by atomic mass is 10.3. The lowest BCUT2D eigenvalue weighted by molar-refractivity contribution is -0.129. The first-order valence-corrected chi connectivity index (χ1v) is 6.23. The average molecular weight is 255 g/mol. The summed E-state index contributed by atoms with van der Waals surface area (Å²) in [6, 6.07) is 0. The second kappa shape index (κ2) is 5.13. The highest BCUT2D eigenvalue weighted by atomic mass is 32.1. The number of hydrogen-bond donors (Lipinski definition) is 2. The number of nitrogen functional groups attached to an aromatic ring is 1. The van der Waals surface area contributed by atoms with E-state index in [1.54, 1.807) is 5.38 Å². The van der Waals surface area contributed by atoms with Crippen LogP contribution < -0.4 is 5.73 Å². The Hall–Kier alpha value is -1.63. The normalized spacial score (nSPS) is 17.3. The van der Waals surface area contributed by atoms with Crippen molar-refractivity contribution in [3.8, 4) is 0 Å². The minimum atomic E-state index is -1.16. The van der Waals surface area contributed by atoms with Crippen molar-refractivity contribution in [2.75, 3.05) is 5.73 Å². The van der Waals surface area contributed by atoms with Gasteiger partial charge in [-0.2, -0.15) is 0 Å². The quantitative estimate of drug-likeness (QED) is 0.627. The predicted octanol–water partition coefficient (Wildman–Crippen LogP) is 1.47. The van der Waals surface area contributed by atoms with Crippen LogP contribution >= 0.6 is 11.3 Å². The van der Waals surface area contributed by atoms with Gasteiger partial charge in [0.1, 0.15) is 11.8 Å². The summed E-state index contributed by atoms with van der Waals surface area (Å²) in [5.74, 6) is -1.16. The van der Waals surface area contributed by atoms with E-state index in [0.29, 0.717) is 5.13 Å². The van der Waals surface area contributed by atoms with Gasteiger partial charge in [-0.1, -0.05) is 5.16 Å². The number of rotatable bonds is 4. The number of anilines is 1. The summed E-state index contributed by atoms with van der Waals surface area (Å²) < 4.78 is 0. The van der Waals surface area contributed by atoms with Crippen LogP contribution in [0.2, 0.25) is 0 Å². The third-order valence-electron chi connectivity index (χ3n) is 2.56. The molecule has 1 aromatic heterocycles. The Morgan fingerprint density at radius 2 is 2.29 bits per heavy atom. The molecule has 0 amide bonds. The van der Waals surface area contributed by atoms with Crippen molar-refractivity contribution in [3.05, 3.63) is 11.1 Å². The summed E-state index contributed by atoms with van der Waals surface area (Å²) in [5.41, 5.74) is 5.51. The van der Waals surface area contributed by atoms with Crippen molar-refractivity contribution in [1.82, 2.24) is 4.98 Å². The Morgan fingerprint density at radius 3 is 2.82 bits per heavy atom. The lowest BCUT2D eigenvalue weighted by Gasteiger charge is -2.06. The molecule has 17 heavy (non-hydrogen) atoms. The maximum absolute atomic E-state index is 11.0. The monoisotopic (exact) mass is 255 g/mol. The first-order chi connectivity index (χ1) is 8.16. The zero-order valence-corrected chi connectivity index (χ0v) is 9.94. The van der Waals surface area contributed by atoms with Gasteiger partial charge in [0.25, 0.3) is 0 Å². The smallest absolute Gasteiger partial charge is 0.360 e. The van der Waals surface area contributed by atoms with Gasteiger partial charge in [0, 0.05) is 5.38 Å². The highest BCUT2D eigenvalue weighted by Gasteiger charge is 2.20. The number of hydrogen-bond acceptors (Lipinski definition) is 6. The molecular weight excluding hydrogens is 242 g/mol. The zero-order chi connectivity index (χ0) is 12.3. The number of nitrogens with zero attached hydrogens (tertiary/aromatic N) is 2. The second-order valence-corrected chi connectivity index (χ2v) is 4.72. The van der Waals surface area contributed by atoms with Crippen LogP contribution in [0, 0.1) is 0 Å². The first kappa shape index (κ1) is 11.8. The zero-order valence-electron chi connectivity index (χ0n) is 9.13. The molecule has 1 aromatic rings. The molecule has 0 spiro atoms. The summed E-state index contributed by atoms with van der Waals surface area (Å²) in [6.07, 6.45) is 4.09. The molecule has 1 aliphatic carbocycles. The van der Waals surface area contributed by atoms with E-state index in [4.69, 9.17) is 15.7 Å². The van der Waals surface area contributed by atoms with E-state index in [1.165, 1.54) is 11.3 Å². The van der Waals surface area contributed by atoms with E-state index in [1.807, 2.05) is 0 Å².